The summed E-state index contributed by atoms with van der Waals surface area (Å²) in [7, 11) is 0. The predicted molar refractivity (Wildman–Crippen MR) is 46.4 cm³/mol. The monoisotopic (exact) mass is 205 g/mol. The highest BCUT2D eigenvalue weighted by Crippen LogP contribution is 2.05. The van der Waals surface area contributed by atoms with Gasteiger partial charge >= 0.3 is 5.97 Å². The number of morpholine rings is 1. The molecule has 0 spiro atoms. The van der Waals surface area contributed by atoms with E-state index in [1.165, 1.54) is 13.2 Å². The van der Waals surface area contributed by atoms with Crippen molar-refractivity contribution in [1.29, 1.82) is 0 Å². The Labute approximate surface area is 79.0 Å². The fourth-order valence-corrected chi connectivity index (χ4v) is 1.69. The molecule has 1 heterocycles. The van der Waals surface area contributed by atoms with E-state index in [9.17, 15) is 14.1 Å². The van der Waals surface area contributed by atoms with Crippen LogP contribution in [0, 0.1) is 0 Å². The Bertz CT molecular complexity index is 231. The first-order valence-electron chi connectivity index (χ1n) is 3.81. The molecule has 6 heteroatoms. The molecule has 1 aliphatic heterocycles. The molecule has 1 fully saturated rings. The number of hydrogen-bond acceptors (Lipinski definition) is 4. The van der Waals surface area contributed by atoms with Crippen LogP contribution in [0.4, 0.5) is 0 Å². The van der Waals surface area contributed by atoms with Gasteiger partial charge in [-0.3, -0.25) is 4.79 Å². The Morgan fingerprint density at radius 2 is 2.23 bits per heavy atom. The van der Waals surface area contributed by atoms with E-state index in [0.717, 1.165) is 0 Å². The summed E-state index contributed by atoms with van der Waals surface area (Å²) in [6.45, 7) is 1.49. The second-order valence-electron chi connectivity index (χ2n) is 2.88. The quantitative estimate of drug-likeness (QED) is 0.453. The molecule has 0 radical (unpaired) electrons. The summed E-state index contributed by atoms with van der Waals surface area (Å²) < 4.78 is 15.5. The Kier molecular flexibility index (Phi) is 3.16. The molecule has 1 unspecified atom stereocenters. The highest BCUT2D eigenvalue weighted by molar-refractivity contribution is 7.90. The largest absolute Gasteiger partial charge is 0.616 e. The van der Waals surface area contributed by atoms with Crippen molar-refractivity contribution in [1.82, 2.24) is 5.32 Å². The van der Waals surface area contributed by atoms with E-state index < -0.39 is 29.3 Å². The van der Waals surface area contributed by atoms with Crippen molar-refractivity contribution in [2.45, 2.75) is 19.1 Å². The first-order chi connectivity index (χ1) is 6.00. The molecule has 0 bridgehead atoms. The van der Waals surface area contributed by atoms with Gasteiger partial charge in [0.2, 0.25) is 0 Å². The molecular formula is C7H11NO4S. The van der Waals surface area contributed by atoms with E-state index in [2.05, 4.69) is 5.32 Å². The van der Waals surface area contributed by atoms with Gasteiger partial charge in [-0.05, 0) is 6.92 Å². The van der Waals surface area contributed by atoms with E-state index in [4.69, 9.17) is 4.74 Å². The van der Waals surface area contributed by atoms with Crippen molar-refractivity contribution in [3.63, 3.8) is 0 Å². The van der Waals surface area contributed by atoms with E-state index in [1.807, 2.05) is 0 Å². The Hall–Kier alpha value is -0.750. The van der Waals surface area contributed by atoms with E-state index in [1.54, 1.807) is 0 Å². The van der Waals surface area contributed by atoms with Crippen LogP contribution in [0.5, 0.6) is 0 Å². The third kappa shape index (κ3) is 2.60. The molecule has 0 aliphatic carbocycles. The molecular weight excluding hydrogens is 194 g/mol. The van der Waals surface area contributed by atoms with Gasteiger partial charge < -0.3 is 14.6 Å². The summed E-state index contributed by atoms with van der Waals surface area (Å²) in [5.74, 6) is -0.741. The van der Waals surface area contributed by atoms with Crippen LogP contribution < -0.4 is 5.32 Å². The van der Waals surface area contributed by atoms with Crippen LogP contribution in [0.15, 0.2) is 0 Å². The lowest BCUT2D eigenvalue weighted by Gasteiger charge is -2.25. The van der Waals surface area contributed by atoms with Gasteiger partial charge in [0.25, 0.3) is 5.91 Å². The lowest BCUT2D eigenvalue weighted by Crippen LogP contribution is -2.55. The zero-order valence-electron chi connectivity index (χ0n) is 7.40. The zero-order valence-corrected chi connectivity index (χ0v) is 8.22. The molecule has 0 aromatic heterocycles. The second-order valence-corrected chi connectivity index (χ2v) is 4.36. The molecule has 1 rings (SSSR count). The zero-order chi connectivity index (χ0) is 10.0. The van der Waals surface area contributed by atoms with Crippen LogP contribution in [-0.4, -0.2) is 40.6 Å². The molecule has 5 nitrogen and oxygen atoms in total. The smallest absolute Gasteiger partial charge is 0.334 e. The maximum absolute atomic E-state index is 11.1. The average molecular weight is 205 g/mol. The summed E-state index contributed by atoms with van der Waals surface area (Å²) in [4.78, 5) is 22.2. The van der Waals surface area contributed by atoms with Crippen LogP contribution in [-0.2, 0) is 25.5 Å². The van der Waals surface area contributed by atoms with Crippen LogP contribution >= 0.6 is 0 Å². The van der Waals surface area contributed by atoms with Crippen LogP contribution in [0.3, 0.4) is 0 Å². The molecule has 1 amide bonds. The van der Waals surface area contributed by atoms with E-state index in [0.29, 0.717) is 0 Å². The van der Waals surface area contributed by atoms with Gasteiger partial charge in [-0.2, -0.15) is 0 Å². The molecule has 1 saturated heterocycles. The molecule has 74 valence electrons. The van der Waals surface area contributed by atoms with Crippen molar-refractivity contribution in [3.8, 4) is 0 Å². The van der Waals surface area contributed by atoms with Gasteiger partial charge in [-0.25, -0.2) is 4.79 Å². The van der Waals surface area contributed by atoms with Crippen LogP contribution in [0.1, 0.15) is 6.92 Å². The fraction of sp³-hybridized carbons (Fsp3) is 0.714. The van der Waals surface area contributed by atoms with Gasteiger partial charge in [0.05, 0.1) is 6.26 Å². The standard InChI is InChI=1S/C7H11NO4S/c1-4-6(9)8-5(3-13(2)11)7(10)12-4/h4-5H,3H2,1-2H3,(H,8,9)/t4-,5-,13?/m0/s1. The van der Waals surface area contributed by atoms with Crippen LogP contribution in [0.2, 0.25) is 0 Å². The molecule has 0 aromatic carbocycles. The van der Waals surface area contributed by atoms with Crippen molar-refractivity contribution < 1.29 is 18.9 Å². The minimum absolute atomic E-state index is 0.108. The van der Waals surface area contributed by atoms with E-state index >= 15 is 0 Å². The molecule has 0 aromatic rings. The number of hydrogen-bond donors (Lipinski definition) is 1. The Balaban J connectivity index is 2.56. The summed E-state index contributed by atoms with van der Waals surface area (Å²) in [6, 6.07) is -0.755. The van der Waals surface area contributed by atoms with Gasteiger partial charge in [-0.15, -0.1) is 0 Å². The minimum Gasteiger partial charge on any atom is -0.616 e. The summed E-state index contributed by atoms with van der Waals surface area (Å²) >= 11 is -1.13. The fourth-order valence-electron chi connectivity index (χ4n) is 1.00. The number of esters is 1. The van der Waals surface area contributed by atoms with E-state index in [-0.39, 0.29) is 11.7 Å². The number of rotatable bonds is 2. The number of carbonyl (C=O) groups is 2. The van der Waals surface area contributed by atoms with Gasteiger partial charge in [0.1, 0.15) is 5.75 Å². The predicted octanol–water partition coefficient (Wildman–Crippen LogP) is -1.20. The molecule has 1 aliphatic rings. The number of cyclic esters (lactones) is 1. The maximum atomic E-state index is 11.1. The third-order valence-corrected chi connectivity index (χ3v) is 2.47. The van der Waals surface area contributed by atoms with Gasteiger partial charge in [0.15, 0.2) is 12.1 Å². The normalized spacial score (nSPS) is 30.7. The first kappa shape index (κ1) is 10.3. The van der Waals surface area contributed by atoms with Crippen molar-refractivity contribution in [2.75, 3.05) is 12.0 Å². The van der Waals surface area contributed by atoms with Crippen molar-refractivity contribution >= 4 is 23.1 Å². The average Bonchev–Trinajstić information content (AvgIpc) is 1.99. The minimum atomic E-state index is -1.13. The molecule has 1 N–H and O–H groups in total. The Morgan fingerprint density at radius 3 is 2.77 bits per heavy atom. The number of carbonyl (C=O) groups excluding carboxylic acids is 2. The van der Waals surface area contributed by atoms with Gasteiger partial charge in [-0.1, -0.05) is 11.2 Å². The van der Waals surface area contributed by atoms with Crippen LogP contribution in [0.25, 0.3) is 0 Å². The summed E-state index contributed by atoms with van der Waals surface area (Å²) in [5, 5.41) is 2.44. The Morgan fingerprint density at radius 1 is 1.62 bits per heavy atom. The van der Waals surface area contributed by atoms with Crippen molar-refractivity contribution in [2.24, 2.45) is 0 Å². The summed E-state index contributed by atoms with van der Waals surface area (Å²) in [6.07, 6.45) is 0.728. The highest BCUT2D eigenvalue weighted by Gasteiger charge is 2.35. The number of nitrogens with one attached hydrogen (secondary N) is 1. The molecule has 3 atom stereocenters. The highest BCUT2D eigenvalue weighted by atomic mass is 32.2. The molecule has 13 heavy (non-hydrogen) atoms. The topological polar surface area (TPSA) is 78.5 Å². The lowest BCUT2D eigenvalue weighted by atomic mass is 10.2. The summed E-state index contributed by atoms with van der Waals surface area (Å²) in [5.41, 5.74) is 0. The SMILES string of the molecule is C[C@@H]1OC(=O)[C@H](C[S+](C)[O-])NC1=O. The maximum Gasteiger partial charge on any atom is 0.334 e. The lowest BCUT2D eigenvalue weighted by molar-refractivity contribution is -0.163. The number of ether oxygens (including phenoxy) is 1. The van der Waals surface area contributed by atoms with Crippen molar-refractivity contribution in [3.05, 3.63) is 0 Å². The third-order valence-electron chi connectivity index (χ3n) is 1.66. The molecule has 0 saturated carbocycles. The van der Waals surface area contributed by atoms with Gasteiger partial charge in [0, 0.05) is 0 Å². The first-order valence-corrected chi connectivity index (χ1v) is 5.54. The number of amides is 1. The second kappa shape index (κ2) is 3.97.